The number of thiazole rings is 1. The van der Waals surface area contributed by atoms with E-state index in [9.17, 15) is 9.59 Å². The molecule has 134 valence electrons. The van der Waals surface area contributed by atoms with Crippen molar-refractivity contribution in [1.82, 2.24) is 4.98 Å². The van der Waals surface area contributed by atoms with Gasteiger partial charge in [-0.15, -0.1) is 0 Å². The highest BCUT2D eigenvalue weighted by molar-refractivity contribution is 7.22. The Morgan fingerprint density at radius 2 is 1.85 bits per heavy atom. The van der Waals surface area contributed by atoms with Crippen LogP contribution in [0.1, 0.15) is 29.8 Å². The van der Waals surface area contributed by atoms with E-state index in [1.54, 1.807) is 31.2 Å². The lowest BCUT2D eigenvalue weighted by molar-refractivity contribution is 0.102. The number of benzene rings is 2. The molecule has 0 unspecified atom stereocenters. The second-order valence-corrected chi connectivity index (χ2v) is 6.58. The van der Waals surface area contributed by atoms with Gasteiger partial charge in [0.2, 0.25) is 0 Å². The number of aryl methyl sites for hydroxylation is 1. The van der Waals surface area contributed by atoms with E-state index in [1.165, 1.54) is 16.9 Å². The third kappa shape index (κ3) is 4.18. The first kappa shape index (κ1) is 17.9. The third-order valence-electron chi connectivity index (χ3n) is 3.75. The molecule has 0 saturated heterocycles. The van der Waals surface area contributed by atoms with E-state index in [0.717, 1.165) is 16.6 Å². The topological polar surface area (TPSA) is 80.3 Å². The number of aromatic nitrogens is 1. The molecule has 2 aromatic carbocycles. The molecule has 0 aliphatic rings. The second kappa shape index (κ2) is 7.97. The van der Waals surface area contributed by atoms with Crippen LogP contribution in [0.4, 0.5) is 15.6 Å². The van der Waals surface area contributed by atoms with Gasteiger partial charge in [-0.1, -0.05) is 24.3 Å². The first-order valence-electron chi connectivity index (χ1n) is 8.33. The number of carbonyl (C=O) groups excluding carboxylic acids is 2. The Bertz CT molecular complexity index is 935. The summed E-state index contributed by atoms with van der Waals surface area (Å²) in [6, 6.07) is 12.7. The van der Waals surface area contributed by atoms with Crippen LogP contribution in [0.3, 0.4) is 0 Å². The molecule has 2 N–H and O–H groups in total. The fourth-order valence-electron chi connectivity index (χ4n) is 2.40. The van der Waals surface area contributed by atoms with Crippen molar-refractivity contribution in [3.05, 3.63) is 53.6 Å². The minimum Gasteiger partial charge on any atom is -0.450 e. The number of carbonyl (C=O) groups is 2. The summed E-state index contributed by atoms with van der Waals surface area (Å²) in [5, 5.41) is 5.97. The van der Waals surface area contributed by atoms with Crippen LogP contribution in [0.15, 0.2) is 42.5 Å². The molecule has 0 saturated carbocycles. The fourth-order valence-corrected chi connectivity index (χ4v) is 3.33. The number of hydrogen-bond acceptors (Lipinski definition) is 5. The molecule has 0 fully saturated rings. The van der Waals surface area contributed by atoms with E-state index in [2.05, 4.69) is 28.6 Å². The molecular weight excluding hydrogens is 350 g/mol. The molecule has 6 nitrogen and oxygen atoms in total. The standard InChI is InChI=1S/C19H19N3O3S/c1-3-12-5-10-15-16(11-12)26-18(21-15)22-17(23)13-6-8-14(9-7-13)20-19(24)25-4-2/h5-11H,3-4H2,1-2H3,(H,20,24)(H,21,22,23). The number of amides is 2. The van der Waals surface area contributed by atoms with Crippen molar-refractivity contribution in [2.45, 2.75) is 20.3 Å². The molecule has 1 aromatic heterocycles. The van der Waals surface area contributed by atoms with Crippen LogP contribution >= 0.6 is 11.3 Å². The van der Waals surface area contributed by atoms with Gasteiger partial charge in [0.1, 0.15) is 0 Å². The molecule has 3 rings (SSSR count). The zero-order chi connectivity index (χ0) is 18.5. The summed E-state index contributed by atoms with van der Waals surface area (Å²) >= 11 is 1.45. The van der Waals surface area contributed by atoms with Crippen molar-refractivity contribution in [3.8, 4) is 0 Å². The average Bonchev–Trinajstić information content (AvgIpc) is 3.03. The van der Waals surface area contributed by atoms with E-state index in [4.69, 9.17) is 4.74 Å². The van der Waals surface area contributed by atoms with Gasteiger partial charge in [0.05, 0.1) is 16.8 Å². The Labute approximate surface area is 155 Å². The van der Waals surface area contributed by atoms with Gasteiger partial charge in [0, 0.05) is 11.3 Å². The molecule has 1 heterocycles. The van der Waals surface area contributed by atoms with E-state index < -0.39 is 6.09 Å². The fraction of sp³-hybridized carbons (Fsp3) is 0.211. The third-order valence-corrected chi connectivity index (χ3v) is 4.68. The van der Waals surface area contributed by atoms with Crippen molar-refractivity contribution < 1.29 is 14.3 Å². The van der Waals surface area contributed by atoms with Crippen LogP contribution in [0.25, 0.3) is 10.2 Å². The largest absolute Gasteiger partial charge is 0.450 e. The molecule has 0 atom stereocenters. The normalized spacial score (nSPS) is 10.5. The smallest absolute Gasteiger partial charge is 0.411 e. The maximum absolute atomic E-state index is 12.4. The summed E-state index contributed by atoms with van der Waals surface area (Å²) in [6.45, 7) is 4.14. The number of nitrogens with zero attached hydrogens (tertiary/aromatic N) is 1. The average molecular weight is 369 g/mol. The SMILES string of the molecule is CCOC(=O)Nc1ccc(C(=O)Nc2nc3ccc(CC)cc3s2)cc1. The van der Waals surface area contributed by atoms with Crippen molar-refractivity contribution in [1.29, 1.82) is 0 Å². The monoisotopic (exact) mass is 369 g/mol. The Hall–Kier alpha value is -2.93. The summed E-state index contributed by atoms with van der Waals surface area (Å²) in [6.07, 6.45) is 0.437. The summed E-state index contributed by atoms with van der Waals surface area (Å²) < 4.78 is 5.86. The van der Waals surface area contributed by atoms with Crippen LogP contribution in [0.2, 0.25) is 0 Å². The maximum atomic E-state index is 12.4. The van der Waals surface area contributed by atoms with Crippen molar-refractivity contribution in [2.24, 2.45) is 0 Å². The van der Waals surface area contributed by atoms with Crippen LogP contribution in [0, 0.1) is 0 Å². The maximum Gasteiger partial charge on any atom is 0.411 e. The van der Waals surface area contributed by atoms with Gasteiger partial charge in [-0.3, -0.25) is 15.4 Å². The number of fused-ring (bicyclic) bond motifs is 1. The highest BCUT2D eigenvalue weighted by Gasteiger charge is 2.11. The van der Waals surface area contributed by atoms with Gasteiger partial charge in [-0.25, -0.2) is 9.78 Å². The van der Waals surface area contributed by atoms with E-state index in [0.29, 0.717) is 23.0 Å². The Morgan fingerprint density at radius 3 is 2.54 bits per heavy atom. The lowest BCUT2D eigenvalue weighted by Crippen LogP contribution is -2.14. The van der Waals surface area contributed by atoms with Gasteiger partial charge in [0.25, 0.3) is 5.91 Å². The van der Waals surface area contributed by atoms with Crippen LogP contribution < -0.4 is 10.6 Å². The van der Waals surface area contributed by atoms with Crippen molar-refractivity contribution in [2.75, 3.05) is 17.2 Å². The summed E-state index contributed by atoms with van der Waals surface area (Å²) in [4.78, 5) is 28.2. The number of rotatable bonds is 5. The number of ether oxygens (including phenoxy) is 1. The van der Waals surface area contributed by atoms with Crippen LogP contribution in [-0.2, 0) is 11.2 Å². The molecule has 0 radical (unpaired) electrons. The summed E-state index contributed by atoms with van der Waals surface area (Å²) in [5.41, 5.74) is 3.15. The van der Waals surface area contributed by atoms with E-state index in [1.807, 2.05) is 12.1 Å². The molecule has 26 heavy (non-hydrogen) atoms. The molecule has 7 heteroatoms. The Morgan fingerprint density at radius 1 is 1.08 bits per heavy atom. The van der Waals surface area contributed by atoms with Gasteiger partial charge in [0.15, 0.2) is 5.13 Å². The van der Waals surface area contributed by atoms with Gasteiger partial charge < -0.3 is 4.74 Å². The zero-order valence-corrected chi connectivity index (χ0v) is 15.4. The Balaban J connectivity index is 1.68. The van der Waals surface area contributed by atoms with Gasteiger partial charge in [-0.2, -0.15) is 0 Å². The minimum absolute atomic E-state index is 0.248. The first-order valence-corrected chi connectivity index (χ1v) is 9.15. The molecule has 0 aliphatic heterocycles. The number of anilines is 2. The number of hydrogen-bond donors (Lipinski definition) is 2. The van der Waals surface area contributed by atoms with E-state index in [-0.39, 0.29) is 5.91 Å². The molecule has 0 aliphatic carbocycles. The van der Waals surface area contributed by atoms with Crippen LogP contribution in [0.5, 0.6) is 0 Å². The molecule has 0 spiro atoms. The zero-order valence-electron chi connectivity index (χ0n) is 14.5. The van der Waals surface area contributed by atoms with E-state index >= 15 is 0 Å². The summed E-state index contributed by atoms with van der Waals surface area (Å²) in [5.74, 6) is -0.248. The predicted octanol–water partition coefficient (Wildman–Crippen LogP) is 4.68. The molecular formula is C19H19N3O3S. The van der Waals surface area contributed by atoms with Crippen molar-refractivity contribution >= 4 is 44.4 Å². The van der Waals surface area contributed by atoms with Crippen LogP contribution in [-0.4, -0.2) is 23.6 Å². The Kier molecular flexibility index (Phi) is 5.48. The molecule has 3 aromatic rings. The second-order valence-electron chi connectivity index (χ2n) is 5.55. The number of nitrogens with one attached hydrogen (secondary N) is 2. The lowest BCUT2D eigenvalue weighted by Gasteiger charge is -2.06. The van der Waals surface area contributed by atoms with Gasteiger partial charge >= 0.3 is 6.09 Å². The van der Waals surface area contributed by atoms with Gasteiger partial charge in [-0.05, 0) is 55.3 Å². The highest BCUT2D eigenvalue weighted by Crippen LogP contribution is 2.27. The predicted molar refractivity (Wildman–Crippen MR) is 104 cm³/mol. The quantitative estimate of drug-likeness (QED) is 0.684. The molecule has 2 amide bonds. The highest BCUT2D eigenvalue weighted by atomic mass is 32.1. The lowest BCUT2D eigenvalue weighted by atomic mass is 10.2. The van der Waals surface area contributed by atoms with Crippen molar-refractivity contribution in [3.63, 3.8) is 0 Å². The first-order chi connectivity index (χ1) is 12.6. The minimum atomic E-state index is -0.523. The summed E-state index contributed by atoms with van der Waals surface area (Å²) in [7, 11) is 0. The molecule has 0 bridgehead atoms.